The molecule has 3 amide bonds. The molecule has 0 unspecified atom stereocenters. The zero-order chi connectivity index (χ0) is 22.8. The summed E-state index contributed by atoms with van der Waals surface area (Å²) in [4.78, 5) is 39.7. The molecule has 11 heteroatoms. The van der Waals surface area contributed by atoms with Crippen LogP contribution in [-0.4, -0.2) is 69.5 Å². The number of aromatic nitrogens is 2. The summed E-state index contributed by atoms with van der Waals surface area (Å²) in [7, 11) is 0. The highest BCUT2D eigenvalue weighted by molar-refractivity contribution is 6.35. The molecule has 0 saturated carbocycles. The van der Waals surface area contributed by atoms with E-state index in [1.807, 2.05) is 0 Å². The van der Waals surface area contributed by atoms with Crippen molar-refractivity contribution in [3.63, 3.8) is 0 Å². The zero-order valence-corrected chi connectivity index (χ0v) is 17.0. The van der Waals surface area contributed by atoms with Crippen molar-refractivity contribution in [2.45, 2.75) is 26.1 Å². The predicted octanol–water partition coefficient (Wildman–Crippen LogP) is 1.70. The van der Waals surface area contributed by atoms with Crippen molar-refractivity contribution in [1.29, 1.82) is 0 Å². The van der Waals surface area contributed by atoms with Gasteiger partial charge in [-0.3, -0.25) is 14.4 Å². The van der Waals surface area contributed by atoms with Crippen LogP contribution in [0, 0.1) is 0 Å². The summed E-state index contributed by atoms with van der Waals surface area (Å²) in [5.74, 6) is -1.55. The second kappa shape index (κ2) is 8.78. The van der Waals surface area contributed by atoms with Crippen LogP contribution < -0.4 is 5.32 Å². The third kappa shape index (κ3) is 5.22. The van der Waals surface area contributed by atoms with Gasteiger partial charge in [-0.25, -0.2) is 4.68 Å². The predicted molar refractivity (Wildman–Crippen MR) is 104 cm³/mol. The van der Waals surface area contributed by atoms with Gasteiger partial charge in [0.1, 0.15) is 0 Å². The number of hydrogen-bond acceptors (Lipinski definition) is 4. The molecule has 0 bridgehead atoms. The SMILES string of the molecule is CC(C)NC(=O)C(=O)N1CCN(C(=O)c2ccc(-n3ccc(C(F)(F)F)n3)cc2)CC1. The number of halogens is 3. The van der Waals surface area contributed by atoms with E-state index in [0.717, 1.165) is 10.7 Å². The number of nitrogens with zero attached hydrogens (tertiary/aromatic N) is 4. The summed E-state index contributed by atoms with van der Waals surface area (Å²) in [6.45, 7) is 4.54. The maximum Gasteiger partial charge on any atom is 0.435 e. The summed E-state index contributed by atoms with van der Waals surface area (Å²) in [5.41, 5.74) is -0.245. The molecule has 8 nitrogen and oxygen atoms in total. The van der Waals surface area contributed by atoms with Crippen LogP contribution in [0.25, 0.3) is 5.69 Å². The lowest BCUT2D eigenvalue weighted by molar-refractivity contribution is -0.147. The molecule has 2 aromatic rings. The average Bonchev–Trinajstić information content (AvgIpc) is 3.23. The van der Waals surface area contributed by atoms with E-state index in [1.165, 1.54) is 35.4 Å². The number of carbonyl (C=O) groups is 3. The summed E-state index contributed by atoms with van der Waals surface area (Å²) < 4.78 is 39.2. The molecular formula is C20H22F3N5O3. The minimum absolute atomic E-state index is 0.149. The fourth-order valence-electron chi connectivity index (χ4n) is 3.14. The van der Waals surface area contributed by atoms with Crippen LogP contribution in [0.3, 0.4) is 0 Å². The van der Waals surface area contributed by atoms with Gasteiger partial charge in [0.05, 0.1) is 5.69 Å². The van der Waals surface area contributed by atoms with Crippen molar-refractivity contribution >= 4 is 17.7 Å². The first-order valence-electron chi connectivity index (χ1n) is 9.68. The Labute approximate surface area is 176 Å². The molecular weight excluding hydrogens is 415 g/mol. The lowest BCUT2D eigenvalue weighted by atomic mass is 10.1. The fraction of sp³-hybridized carbons (Fsp3) is 0.400. The minimum atomic E-state index is -4.53. The van der Waals surface area contributed by atoms with Crippen LogP contribution in [0.5, 0.6) is 0 Å². The van der Waals surface area contributed by atoms with Gasteiger partial charge in [0.2, 0.25) is 0 Å². The van der Waals surface area contributed by atoms with Crippen LogP contribution in [0.1, 0.15) is 29.9 Å². The highest BCUT2D eigenvalue weighted by Gasteiger charge is 2.33. The first-order chi connectivity index (χ1) is 14.6. The van der Waals surface area contributed by atoms with Crippen molar-refractivity contribution < 1.29 is 27.6 Å². The molecule has 3 rings (SSSR count). The van der Waals surface area contributed by atoms with Gasteiger partial charge >= 0.3 is 18.0 Å². The van der Waals surface area contributed by atoms with Crippen molar-refractivity contribution in [2.75, 3.05) is 26.2 Å². The number of carbonyl (C=O) groups excluding carboxylic acids is 3. The second-order valence-electron chi connectivity index (χ2n) is 7.40. The van der Waals surface area contributed by atoms with E-state index in [9.17, 15) is 27.6 Å². The first kappa shape index (κ1) is 22.3. The van der Waals surface area contributed by atoms with Gasteiger partial charge in [0.15, 0.2) is 5.69 Å². The number of piperazine rings is 1. The highest BCUT2D eigenvalue weighted by Crippen LogP contribution is 2.27. The molecule has 2 heterocycles. The summed E-state index contributed by atoms with van der Waals surface area (Å²) in [6.07, 6.45) is -3.33. The van der Waals surface area contributed by atoms with Crippen molar-refractivity contribution in [1.82, 2.24) is 24.9 Å². The maximum atomic E-state index is 12.7. The fourth-order valence-corrected chi connectivity index (χ4v) is 3.14. The molecule has 1 aromatic carbocycles. The van der Waals surface area contributed by atoms with Gasteiger partial charge < -0.3 is 15.1 Å². The third-order valence-electron chi connectivity index (χ3n) is 4.73. The molecule has 1 fully saturated rings. The molecule has 1 aliphatic rings. The van der Waals surface area contributed by atoms with Gasteiger partial charge in [-0.05, 0) is 44.2 Å². The van der Waals surface area contributed by atoms with E-state index in [0.29, 0.717) is 11.3 Å². The Hall–Kier alpha value is -3.37. The molecule has 1 N–H and O–H groups in total. The van der Waals surface area contributed by atoms with Gasteiger partial charge in [-0.1, -0.05) is 0 Å². The Morgan fingerprint density at radius 1 is 0.968 bits per heavy atom. The number of benzene rings is 1. The Balaban J connectivity index is 1.60. The van der Waals surface area contributed by atoms with Gasteiger partial charge in [0, 0.05) is 44.0 Å². The molecule has 166 valence electrons. The van der Waals surface area contributed by atoms with Gasteiger partial charge in [0.25, 0.3) is 5.91 Å². The van der Waals surface area contributed by atoms with E-state index >= 15 is 0 Å². The molecule has 0 aliphatic carbocycles. The van der Waals surface area contributed by atoms with Crippen LogP contribution in [0.2, 0.25) is 0 Å². The Morgan fingerprint density at radius 2 is 1.55 bits per heavy atom. The number of amides is 3. The molecule has 1 aliphatic heterocycles. The first-order valence-corrected chi connectivity index (χ1v) is 9.68. The summed E-state index contributed by atoms with van der Waals surface area (Å²) in [6, 6.07) is 6.78. The number of rotatable bonds is 3. The van der Waals surface area contributed by atoms with Gasteiger partial charge in [-0.15, -0.1) is 0 Å². The number of hydrogen-bond donors (Lipinski definition) is 1. The zero-order valence-electron chi connectivity index (χ0n) is 17.0. The van der Waals surface area contributed by atoms with Crippen molar-refractivity contribution in [2.24, 2.45) is 0 Å². The van der Waals surface area contributed by atoms with E-state index in [2.05, 4.69) is 10.4 Å². The molecule has 1 saturated heterocycles. The smallest absolute Gasteiger partial charge is 0.346 e. The maximum absolute atomic E-state index is 12.7. The standard InChI is InChI=1S/C20H22F3N5O3/c1-13(2)24-17(29)19(31)27-11-9-26(10-12-27)18(30)14-3-5-15(6-4-14)28-8-7-16(25-28)20(21,22)23/h3-8,13H,9-12H2,1-2H3,(H,24,29). The third-order valence-corrected chi connectivity index (χ3v) is 4.73. The van der Waals surface area contributed by atoms with E-state index in [-0.39, 0.29) is 38.1 Å². The van der Waals surface area contributed by atoms with Crippen molar-refractivity contribution in [3.8, 4) is 5.69 Å². The quantitative estimate of drug-likeness (QED) is 0.741. The van der Waals surface area contributed by atoms with Crippen LogP contribution >= 0.6 is 0 Å². The number of nitrogens with one attached hydrogen (secondary N) is 1. The summed E-state index contributed by atoms with van der Waals surface area (Å²) in [5, 5.41) is 6.05. The van der Waals surface area contributed by atoms with Crippen LogP contribution in [0.15, 0.2) is 36.5 Å². The van der Waals surface area contributed by atoms with Gasteiger partial charge in [-0.2, -0.15) is 18.3 Å². The molecule has 31 heavy (non-hydrogen) atoms. The number of alkyl halides is 3. The Bertz CT molecular complexity index is 961. The normalized spacial score (nSPS) is 14.6. The molecule has 0 atom stereocenters. The molecule has 0 spiro atoms. The second-order valence-corrected chi connectivity index (χ2v) is 7.40. The van der Waals surface area contributed by atoms with Crippen LogP contribution in [0.4, 0.5) is 13.2 Å². The molecule has 0 radical (unpaired) electrons. The minimum Gasteiger partial charge on any atom is -0.346 e. The Morgan fingerprint density at radius 3 is 2.06 bits per heavy atom. The van der Waals surface area contributed by atoms with Crippen LogP contribution in [-0.2, 0) is 15.8 Å². The Kier molecular flexibility index (Phi) is 6.32. The average molecular weight is 437 g/mol. The highest BCUT2D eigenvalue weighted by atomic mass is 19.4. The molecule has 1 aromatic heterocycles. The van der Waals surface area contributed by atoms with E-state index in [4.69, 9.17) is 0 Å². The monoisotopic (exact) mass is 437 g/mol. The topological polar surface area (TPSA) is 87.5 Å². The lowest BCUT2D eigenvalue weighted by Crippen LogP contribution is -2.54. The van der Waals surface area contributed by atoms with Crippen molar-refractivity contribution in [3.05, 3.63) is 47.8 Å². The largest absolute Gasteiger partial charge is 0.435 e. The lowest BCUT2D eigenvalue weighted by Gasteiger charge is -2.34. The summed E-state index contributed by atoms with van der Waals surface area (Å²) >= 11 is 0. The van der Waals surface area contributed by atoms with E-state index < -0.39 is 23.7 Å². The van der Waals surface area contributed by atoms with E-state index in [1.54, 1.807) is 18.7 Å².